The van der Waals surface area contributed by atoms with E-state index in [0.29, 0.717) is 22.2 Å². The zero-order valence-electron chi connectivity index (χ0n) is 13.7. The third kappa shape index (κ3) is 3.84. The van der Waals surface area contributed by atoms with Crippen LogP contribution >= 0.6 is 34.5 Å². The van der Waals surface area contributed by atoms with E-state index in [9.17, 15) is 9.59 Å². The minimum absolute atomic E-state index is 0.0327. The summed E-state index contributed by atoms with van der Waals surface area (Å²) in [6.07, 6.45) is 1.73. The van der Waals surface area contributed by atoms with Gasteiger partial charge in [0.05, 0.1) is 22.6 Å². The van der Waals surface area contributed by atoms with Crippen molar-refractivity contribution in [2.24, 2.45) is 0 Å². The van der Waals surface area contributed by atoms with Gasteiger partial charge in [0, 0.05) is 17.0 Å². The molecule has 2 heterocycles. The first-order valence-electron chi connectivity index (χ1n) is 8.10. The number of rotatable bonds is 4. The Kier molecular flexibility index (Phi) is 5.67. The topological polar surface area (TPSA) is 49.4 Å². The zero-order valence-corrected chi connectivity index (χ0v) is 16.0. The maximum Gasteiger partial charge on any atom is 0.251 e. The number of carbonyl (C=O) groups is 2. The van der Waals surface area contributed by atoms with Gasteiger partial charge in [-0.1, -0.05) is 30.1 Å². The molecule has 1 N–H and O–H groups in total. The van der Waals surface area contributed by atoms with E-state index < -0.39 is 0 Å². The van der Waals surface area contributed by atoms with Gasteiger partial charge < -0.3 is 10.2 Å². The quantitative estimate of drug-likeness (QED) is 0.836. The van der Waals surface area contributed by atoms with Crippen molar-refractivity contribution < 1.29 is 9.59 Å². The van der Waals surface area contributed by atoms with Crippen molar-refractivity contribution in [2.45, 2.75) is 25.8 Å². The van der Waals surface area contributed by atoms with Gasteiger partial charge in [-0.25, -0.2) is 0 Å². The Bertz CT molecular complexity index is 806. The Morgan fingerprint density at radius 3 is 2.80 bits per heavy atom. The summed E-state index contributed by atoms with van der Waals surface area (Å²) in [6.45, 7) is 2.73. The third-order valence-corrected chi connectivity index (χ3v) is 6.12. The number of fused-ring (bicyclic) bond motifs is 1. The number of nitrogens with one attached hydrogen (secondary N) is 1. The molecule has 0 saturated carbocycles. The van der Waals surface area contributed by atoms with Crippen LogP contribution in [0.5, 0.6) is 0 Å². The van der Waals surface area contributed by atoms with Crippen molar-refractivity contribution in [1.82, 2.24) is 10.2 Å². The summed E-state index contributed by atoms with van der Waals surface area (Å²) in [5.74, 6) is -0.412. The highest BCUT2D eigenvalue weighted by molar-refractivity contribution is 7.10. The van der Waals surface area contributed by atoms with E-state index in [1.165, 1.54) is 16.5 Å². The van der Waals surface area contributed by atoms with Crippen LogP contribution in [0.1, 0.15) is 40.2 Å². The molecule has 4 nitrogen and oxygen atoms in total. The fourth-order valence-electron chi connectivity index (χ4n) is 3.13. The van der Waals surface area contributed by atoms with Crippen LogP contribution in [0, 0.1) is 0 Å². The van der Waals surface area contributed by atoms with E-state index >= 15 is 0 Å². The molecular formula is C18H18Cl2N2O2S. The van der Waals surface area contributed by atoms with Crippen LogP contribution in [0.2, 0.25) is 10.0 Å². The van der Waals surface area contributed by atoms with Crippen molar-refractivity contribution in [2.75, 3.05) is 13.1 Å². The Labute approximate surface area is 160 Å². The molecule has 1 atom stereocenters. The van der Waals surface area contributed by atoms with E-state index in [-0.39, 0.29) is 24.4 Å². The Balaban J connectivity index is 1.64. The molecule has 7 heteroatoms. The summed E-state index contributed by atoms with van der Waals surface area (Å²) in [5.41, 5.74) is 1.62. The molecule has 0 radical (unpaired) electrons. The minimum atomic E-state index is -0.340. The lowest BCUT2D eigenvalue weighted by molar-refractivity contribution is -0.133. The largest absolute Gasteiger partial charge is 0.343 e. The fraction of sp³-hybridized carbons (Fsp3) is 0.333. The maximum atomic E-state index is 12.6. The first-order valence-corrected chi connectivity index (χ1v) is 9.73. The third-order valence-electron chi connectivity index (χ3n) is 4.38. The van der Waals surface area contributed by atoms with E-state index in [1.807, 2.05) is 4.90 Å². The van der Waals surface area contributed by atoms with Crippen molar-refractivity contribution in [3.63, 3.8) is 0 Å². The van der Waals surface area contributed by atoms with Crippen molar-refractivity contribution in [3.05, 3.63) is 55.7 Å². The Morgan fingerprint density at radius 1 is 1.28 bits per heavy atom. The zero-order chi connectivity index (χ0) is 18.0. The van der Waals surface area contributed by atoms with Gasteiger partial charge in [-0.2, -0.15) is 0 Å². The number of amides is 2. The summed E-state index contributed by atoms with van der Waals surface area (Å²) in [6, 6.07) is 6.83. The molecule has 1 aromatic carbocycles. The van der Waals surface area contributed by atoms with Gasteiger partial charge in [-0.3, -0.25) is 9.59 Å². The average Bonchev–Trinajstić information content (AvgIpc) is 3.09. The normalized spacial score (nSPS) is 16.4. The van der Waals surface area contributed by atoms with E-state index in [1.54, 1.807) is 23.5 Å². The highest BCUT2D eigenvalue weighted by Gasteiger charge is 2.30. The predicted molar refractivity (Wildman–Crippen MR) is 102 cm³/mol. The van der Waals surface area contributed by atoms with Gasteiger partial charge in [0.15, 0.2) is 0 Å². The van der Waals surface area contributed by atoms with Crippen LogP contribution in [-0.2, 0) is 11.2 Å². The first kappa shape index (κ1) is 18.2. The molecule has 132 valence electrons. The average molecular weight is 397 g/mol. The molecule has 0 aliphatic carbocycles. The van der Waals surface area contributed by atoms with Crippen molar-refractivity contribution in [1.29, 1.82) is 0 Å². The van der Waals surface area contributed by atoms with Gasteiger partial charge in [0.25, 0.3) is 5.91 Å². The van der Waals surface area contributed by atoms with Crippen LogP contribution in [0.4, 0.5) is 0 Å². The molecule has 3 rings (SSSR count). The lowest BCUT2D eigenvalue weighted by Crippen LogP contribution is -2.44. The Hall–Kier alpha value is -1.56. The second-order valence-corrected chi connectivity index (χ2v) is 7.69. The lowest BCUT2D eigenvalue weighted by Gasteiger charge is -2.35. The predicted octanol–water partition coefficient (Wildman–Crippen LogP) is 4.32. The van der Waals surface area contributed by atoms with Crippen LogP contribution in [0.3, 0.4) is 0 Å². The van der Waals surface area contributed by atoms with E-state index in [4.69, 9.17) is 23.2 Å². The molecule has 0 saturated heterocycles. The van der Waals surface area contributed by atoms with E-state index in [0.717, 1.165) is 12.8 Å². The molecule has 0 fully saturated rings. The number of benzene rings is 1. The molecule has 1 aromatic heterocycles. The highest BCUT2D eigenvalue weighted by atomic mass is 35.5. The second kappa shape index (κ2) is 7.77. The number of thiophene rings is 1. The molecular weight excluding hydrogens is 379 g/mol. The fourth-order valence-corrected chi connectivity index (χ4v) is 4.36. The first-order chi connectivity index (χ1) is 12.0. The van der Waals surface area contributed by atoms with Gasteiger partial charge in [0.1, 0.15) is 0 Å². The Morgan fingerprint density at radius 2 is 2.08 bits per heavy atom. The lowest BCUT2D eigenvalue weighted by atomic mass is 9.98. The maximum absolute atomic E-state index is 12.6. The number of hydrogen-bond donors (Lipinski definition) is 1. The summed E-state index contributed by atoms with van der Waals surface area (Å²) in [5, 5.41) is 5.45. The van der Waals surface area contributed by atoms with Gasteiger partial charge in [-0.05, 0) is 48.1 Å². The molecule has 1 aliphatic rings. The number of carbonyl (C=O) groups excluding carboxylic acids is 2. The van der Waals surface area contributed by atoms with Crippen LogP contribution < -0.4 is 5.32 Å². The summed E-state index contributed by atoms with van der Waals surface area (Å²) < 4.78 is 0. The smallest absolute Gasteiger partial charge is 0.251 e. The van der Waals surface area contributed by atoms with Crippen molar-refractivity contribution >= 4 is 46.4 Å². The number of halogens is 2. The molecule has 2 aromatic rings. The number of nitrogens with zero attached hydrogens (tertiary/aromatic N) is 1. The second-order valence-electron chi connectivity index (χ2n) is 5.87. The minimum Gasteiger partial charge on any atom is -0.343 e. The standard InChI is InChI=1S/C18H18Cl2N2O2S/c1-2-15-12-6-8-25-16(12)5-7-22(15)17(23)10-21-18(24)11-3-4-13(19)14(20)9-11/h3-4,6,8-9,15H,2,5,7,10H2,1H3,(H,21,24)/t15-/m0/s1. The molecule has 1 aliphatic heterocycles. The molecule has 25 heavy (non-hydrogen) atoms. The SMILES string of the molecule is CC[C@H]1c2ccsc2CCN1C(=O)CNC(=O)c1ccc(Cl)c(Cl)c1. The van der Waals surface area contributed by atoms with Gasteiger partial charge >= 0.3 is 0 Å². The molecule has 0 bridgehead atoms. The summed E-state index contributed by atoms with van der Waals surface area (Å²) in [4.78, 5) is 28.1. The number of hydrogen-bond acceptors (Lipinski definition) is 3. The van der Waals surface area contributed by atoms with Crippen LogP contribution in [0.15, 0.2) is 29.6 Å². The van der Waals surface area contributed by atoms with E-state index in [2.05, 4.69) is 23.7 Å². The molecule has 0 spiro atoms. The summed E-state index contributed by atoms with van der Waals surface area (Å²) >= 11 is 13.5. The van der Waals surface area contributed by atoms with Crippen LogP contribution in [-0.4, -0.2) is 29.8 Å². The molecule has 0 unspecified atom stereocenters. The van der Waals surface area contributed by atoms with Crippen LogP contribution in [0.25, 0.3) is 0 Å². The summed E-state index contributed by atoms with van der Waals surface area (Å²) in [7, 11) is 0. The molecule has 2 amide bonds. The van der Waals surface area contributed by atoms with Gasteiger partial charge in [0.2, 0.25) is 5.91 Å². The highest BCUT2D eigenvalue weighted by Crippen LogP contribution is 2.35. The monoisotopic (exact) mass is 396 g/mol. The van der Waals surface area contributed by atoms with Gasteiger partial charge in [-0.15, -0.1) is 11.3 Å². The van der Waals surface area contributed by atoms with Crippen molar-refractivity contribution in [3.8, 4) is 0 Å².